The van der Waals surface area contributed by atoms with Gasteiger partial charge in [-0.15, -0.1) is 0 Å². The Kier molecular flexibility index (Phi) is 6.40. The maximum Gasteiger partial charge on any atom is 0.175 e. The number of carbonyl (C=O) groups excluding carboxylic acids is 1. The number of unbranched alkanes of at least 4 members (excludes halogenated alkanes) is 2. The summed E-state index contributed by atoms with van der Waals surface area (Å²) < 4.78 is 6.64. The van der Waals surface area contributed by atoms with E-state index in [4.69, 9.17) is 4.74 Å². The minimum absolute atomic E-state index is 0.0114. The number of hydrogen-bond acceptors (Lipinski definition) is 2. The van der Waals surface area contributed by atoms with Gasteiger partial charge in [0.15, 0.2) is 5.78 Å². The molecule has 0 bridgehead atoms. The van der Waals surface area contributed by atoms with Crippen molar-refractivity contribution in [2.45, 2.75) is 103 Å². The van der Waals surface area contributed by atoms with Crippen LogP contribution in [0.15, 0.2) is 11.6 Å². The first kappa shape index (κ1) is 22.1. The molecule has 3 saturated carbocycles. The average molecular weight is 466 g/mol. The minimum atomic E-state index is -0.552. The number of alkyl halides is 1. The largest absolute Gasteiger partial charge is 0.367 e. The summed E-state index contributed by atoms with van der Waals surface area (Å²) in [7, 11) is 0. The highest BCUT2D eigenvalue weighted by Crippen LogP contribution is 2.68. The molecule has 0 aromatic rings. The highest BCUT2D eigenvalue weighted by atomic mass is 79.9. The van der Waals surface area contributed by atoms with Gasteiger partial charge in [0.05, 0.1) is 5.33 Å². The van der Waals surface area contributed by atoms with Crippen LogP contribution in [0, 0.1) is 28.6 Å². The van der Waals surface area contributed by atoms with Gasteiger partial charge in [-0.05, 0) is 87.4 Å². The van der Waals surface area contributed by atoms with Crippen LogP contribution >= 0.6 is 15.9 Å². The molecule has 0 aromatic carbocycles. The fourth-order valence-corrected chi connectivity index (χ4v) is 8.69. The van der Waals surface area contributed by atoms with Crippen molar-refractivity contribution >= 4 is 21.7 Å². The molecule has 0 amide bonds. The molecule has 29 heavy (non-hydrogen) atoms. The van der Waals surface area contributed by atoms with Crippen molar-refractivity contribution in [3.05, 3.63) is 11.6 Å². The van der Waals surface area contributed by atoms with Gasteiger partial charge in [0.25, 0.3) is 0 Å². The van der Waals surface area contributed by atoms with E-state index < -0.39 is 5.60 Å². The molecule has 0 heterocycles. The van der Waals surface area contributed by atoms with Crippen molar-refractivity contribution in [1.29, 1.82) is 0 Å². The molecule has 4 aliphatic rings. The third kappa shape index (κ3) is 3.32. The Morgan fingerprint density at radius 1 is 1.14 bits per heavy atom. The van der Waals surface area contributed by atoms with E-state index in [2.05, 4.69) is 42.8 Å². The SMILES string of the molecule is CCCCCO[C@]1(C(=O)CBr)CC[C@H]2[C@@H]3CCC4=CCCC[C@]4(C)[C@H]3CC[C@@]21C. The van der Waals surface area contributed by atoms with Gasteiger partial charge in [-0.1, -0.05) is 61.2 Å². The van der Waals surface area contributed by atoms with Gasteiger partial charge < -0.3 is 4.74 Å². The number of allylic oxidation sites excluding steroid dienone is 2. The van der Waals surface area contributed by atoms with E-state index >= 15 is 0 Å². The molecule has 3 heteroatoms. The Labute approximate surface area is 186 Å². The Hall–Kier alpha value is -0.150. The summed E-state index contributed by atoms with van der Waals surface area (Å²) in [6.45, 7) is 7.97. The zero-order chi connectivity index (χ0) is 20.7. The van der Waals surface area contributed by atoms with Gasteiger partial charge >= 0.3 is 0 Å². The second kappa shape index (κ2) is 8.41. The van der Waals surface area contributed by atoms with Crippen molar-refractivity contribution in [2.24, 2.45) is 28.6 Å². The molecule has 0 spiro atoms. The van der Waals surface area contributed by atoms with Gasteiger partial charge in [0, 0.05) is 12.0 Å². The van der Waals surface area contributed by atoms with E-state index in [0.29, 0.717) is 22.4 Å². The van der Waals surface area contributed by atoms with Crippen LogP contribution in [0.5, 0.6) is 0 Å². The highest BCUT2D eigenvalue weighted by Gasteiger charge is 2.66. The van der Waals surface area contributed by atoms with Gasteiger partial charge in [-0.2, -0.15) is 0 Å². The third-order valence-electron chi connectivity index (χ3n) is 9.81. The van der Waals surface area contributed by atoms with Gasteiger partial charge in [-0.3, -0.25) is 4.79 Å². The number of Topliss-reactive ketones (excluding diaryl/α,β-unsaturated/α-hetero) is 1. The Morgan fingerprint density at radius 3 is 2.69 bits per heavy atom. The molecule has 0 N–H and O–H groups in total. The molecule has 4 aliphatic carbocycles. The van der Waals surface area contributed by atoms with Crippen molar-refractivity contribution in [3.63, 3.8) is 0 Å². The summed E-state index contributed by atoms with van der Waals surface area (Å²) in [5.74, 6) is 2.54. The molecule has 3 fully saturated rings. The number of ether oxygens (including phenoxy) is 1. The summed E-state index contributed by atoms with van der Waals surface area (Å²) in [6.07, 6.45) is 17.3. The van der Waals surface area contributed by atoms with Crippen LogP contribution in [-0.4, -0.2) is 23.3 Å². The Bertz CT molecular complexity index is 657. The molecule has 6 atom stereocenters. The molecule has 2 nitrogen and oxygen atoms in total. The topological polar surface area (TPSA) is 26.3 Å². The fourth-order valence-electron chi connectivity index (χ4n) is 8.23. The monoisotopic (exact) mass is 464 g/mol. The van der Waals surface area contributed by atoms with Gasteiger partial charge in [0.2, 0.25) is 0 Å². The number of ketones is 1. The van der Waals surface area contributed by atoms with E-state index in [-0.39, 0.29) is 5.41 Å². The van der Waals surface area contributed by atoms with Crippen LogP contribution in [0.25, 0.3) is 0 Å². The number of hydrogen-bond donors (Lipinski definition) is 0. The Balaban J connectivity index is 1.61. The zero-order valence-corrected chi connectivity index (χ0v) is 20.5. The maximum absolute atomic E-state index is 13.3. The van der Waals surface area contributed by atoms with Crippen LogP contribution < -0.4 is 0 Å². The van der Waals surface area contributed by atoms with Gasteiger partial charge in [0.1, 0.15) is 5.60 Å². The fraction of sp³-hybridized carbons (Fsp3) is 0.885. The van der Waals surface area contributed by atoms with E-state index in [9.17, 15) is 4.79 Å². The maximum atomic E-state index is 13.3. The summed E-state index contributed by atoms with van der Waals surface area (Å²) in [5, 5.41) is 0.432. The molecular formula is C26H41BrO2. The molecule has 0 radical (unpaired) electrons. The first-order valence-corrected chi connectivity index (χ1v) is 13.5. The van der Waals surface area contributed by atoms with Crippen LogP contribution in [-0.2, 0) is 9.53 Å². The van der Waals surface area contributed by atoms with Crippen LogP contribution in [0.4, 0.5) is 0 Å². The van der Waals surface area contributed by atoms with Gasteiger partial charge in [-0.25, -0.2) is 0 Å². The van der Waals surface area contributed by atoms with Crippen LogP contribution in [0.3, 0.4) is 0 Å². The predicted octanol–water partition coefficient (Wildman–Crippen LogP) is 7.25. The van der Waals surface area contributed by atoms with E-state index in [1.807, 2.05) is 0 Å². The van der Waals surface area contributed by atoms with E-state index in [0.717, 1.165) is 37.7 Å². The summed E-state index contributed by atoms with van der Waals surface area (Å²) in [4.78, 5) is 13.3. The quantitative estimate of drug-likeness (QED) is 0.225. The molecule has 0 saturated heterocycles. The third-order valence-corrected chi connectivity index (χ3v) is 10.3. The summed E-state index contributed by atoms with van der Waals surface area (Å²) >= 11 is 3.51. The highest BCUT2D eigenvalue weighted by molar-refractivity contribution is 9.09. The smallest absolute Gasteiger partial charge is 0.175 e. The zero-order valence-electron chi connectivity index (χ0n) is 18.9. The van der Waals surface area contributed by atoms with Crippen molar-refractivity contribution in [2.75, 3.05) is 11.9 Å². The number of halogens is 1. The first-order chi connectivity index (χ1) is 13.9. The number of carbonyl (C=O) groups is 1. The lowest BCUT2D eigenvalue weighted by atomic mass is 9.46. The molecule has 0 unspecified atom stereocenters. The van der Waals surface area contributed by atoms with E-state index in [1.165, 1.54) is 57.8 Å². The summed E-state index contributed by atoms with van der Waals surface area (Å²) in [6, 6.07) is 0. The molecule has 4 rings (SSSR count). The minimum Gasteiger partial charge on any atom is -0.367 e. The molecule has 164 valence electrons. The van der Waals surface area contributed by atoms with Crippen LogP contribution in [0.1, 0.15) is 97.8 Å². The van der Waals surface area contributed by atoms with Crippen molar-refractivity contribution < 1.29 is 9.53 Å². The lowest BCUT2D eigenvalue weighted by Gasteiger charge is -2.59. The molecule has 0 aliphatic heterocycles. The second-order valence-electron chi connectivity index (χ2n) is 10.9. The lowest BCUT2D eigenvalue weighted by Crippen LogP contribution is -2.59. The number of rotatable bonds is 7. The standard InChI is InChI=1S/C26H41BrO2/c1-4-5-8-17-29-26(23(28)18-27)16-13-22-20-11-10-19-9-6-7-14-24(19,2)21(20)12-15-25(22,26)3/h9,20-22H,4-8,10-18H2,1-3H3/t20-,21+,22+,24+,25+,26+/m1/s1. The van der Waals surface area contributed by atoms with Crippen LogP contribution in [0.2, 0.25) is 0 Å². The summed E-state index contributed by atoms with van der Waals surface area (Å²) in [5.41, 5.74) is 1.65. The molecular weight excluding hydrogens is 424 g/mol. The number of fused-ring (bicyclic) bond motifs is 5. The lowest BCUT2D eigenvalue weighted by molar-refractivity contribution is -0.175. The van der Waals surface area contributed by atoms with Crippen molar-refractivity contribution in [3.8, 4) is 0 Å². The molecule has 0 aromatic heterocycles. The first-order valence-electron chi connectivity index (χ1n) is 12.4. The second-order valence-corrected chi connectivity index (χ2v) is 11.4. The Morgan fingerprint density at radius 2 is 1.93 bits per heavy atom. The van der Waals surface area contributed by atoms with Crippen molar-refractivity contribution in [1.82, 2.24) is 0 Å². The normalized spacial score (nSPS) is 43.9. The van der Waals surface area contributed by atoms with E-state index in [1.54, 1.807) is 5.57 Å². The predicted molar refractivity (Wildman–Crippen MR) is 123 cm³/mol. The average Bonchev–Trinajstić information content (AvgIpc) is 3.03.